The first-order valence-corrected chi connectivity index (χ1v) is 5.04. The van der Waals surface area contributed by atoms with Crippen LogP contribution >= 0.6 is 0 Å². The van der Waals surface area contributed by atoms with Crippen LogP contribution in [0.15, 0.2) is 24.5 Å². The fourth-order valence-corrected chi connectivity index (χ4v) is 1.87. The van der Waals surface area contributed by atoms with Crippen molar-refractivity contribution < 1.29 is 0 Å². The molecule has 76 valence electrons. The molecule has 0 atom stereocenters. The molecule has 2 heterocycles. The van der Waals surface area contributed by atoms with Gasteiger partial charge in [0.1, 0.15) is 6.33 Å². The van der Waals surface area contributed by atoms with Crippen molar-refractivity contribution in [2.24, 2.45) is 0 Å². The van der Waals surface area contributed by atoms with Crippen LogP contribution in [0.25, 0.3) is 5.69 Å². The van der Waals surface area contributed by atoms with E-state index < -0.39 is 0 Å². The third-order valence-corrected chi connectivity index (χ3v) is 2.65. The number of benzene rings is 1. The molecule has 15 heavy (non-hydrogen) atoms. The molecule has 2 aromatic rings. The van der Waals surface area contributed by atoms with Gasteiger partial charge in [0.25, 0.3) is 0 Å². The average Bonchev–Trinajstić information content (AvgIpc) is 2.82. The van der Waals surface area contributed by atoms with Gasteiger partial charge < -0.3 is 5.32 Å². The monoisotopic (exact) mass is 201 g/mol. The molecule has 0 saturated heterocycles. The predicted molar refractivity (Wildman–Crippen MR) is 56.0 cm³/mol. The van der Waals surface area contributed by atoms with Crippen LogP contribution < -0.4 is 5.32 Å². The van der Waals surface area contributed by atoms with E-state index in [0.717, 1.165) is 18.7 Å². The van der Waals surface area contributed by atoms with Crippen LogP contribution in [0.5, 0.6) is 0 Å². The number of aryl methyl sites for hydroxylation is 1. The number of hydrogen-bond acceptors (Lipinski definition) is 4. The third kappa shape index (κ3) is 1.45. The van der Waals surface area contributed by atoms with Crippen molar-refractivity contribution in [2.75, 3.05) is 11.9 Å². The summed E-state index contributed by atoms with van der Waals surface area (Å²) in [7, 11) is 0. The molecule has 3 rings (SSSR count). The first-order chi connectivity index (χ1) is 7.43. The van der Waals surface area contributed by atoms with E-state index in [2.05, 4.69) is 33.0 Å². The lowest BCUT2D eigenvalue weighted by Gasteiger charge is -2.18. The molecular weight excluding hydrogens is 190 g/mol. The number of rotatable bonds is 1. The molecule has 0 aliphatic carbocycles. The highest BCUT2D eigenvalue weighted by atomic mass is 15.5. The van der Waals surface area contributed by atoms with Gasteiger partial charge in [-0.3, -0.25) is 0 Å². The van der Waals surface area contributed by atoms with Crippen molar-refractivity contribution in [1.29, 1.82) is 0 Å². The Balaban J connectivity index is 2.04. The largest absolute Gasteiger partial charge is 0.385 e. The van der Waals surface area contributed by atoms with Crippen molar-refractivity contribution in [3.8, 4) is 5.69 Å². The molecule has 1 aromatic carbocycles. The highest BCUT2D eigenvalue weighted by Gasteiger charge is 2.09. The Morgan fingerprint density at radius 1 is 1.33 bits per heavy atom. The van der Waals surface area contributed by atoms with Crippen LogP contribution in [-0.2, 0) is 6.42 Å². The molecule has 0 amide bonds. The van der Waals surface area contributed by atoms with E-state index in [9.17, 15) is 0 Å². The van der Waals surface area contributed by atoms with Crippen molar-refractivity contribution >= 4 is 5.69 Å². The highest BCUT2D eigenvalue weighted by Crippen LogP contribution is 2.24. The summed E-state index contributed by atoms with van der Waals surface area (Å²) in [5.41, 5.74) is 3.57. The van der Waals surface area contributed by atoms with Gasteiger partial charge in [-0.2, -0.15) is 0 Å². The molecule has 5 heteroatoms. The van der Waals surface area contributed by atoms with Crippen LogP contribution in [0.3, 0.4) is 0 Å². The summed E-state index contributed by atoms with van der Waals surface area (Å²) < 4.78 is 1.66. The number of nitrogens with zero attached hydrogens (tertiary/aromatic N) is 4. The molecule has 0 unspecified atom stereocenters. The SMILES string of the molecule is c1cc2c(cc1-n1cnnn1)NCCC2. The summed E-state index contributed by atoms with van der Waals surface area (Å²) in [5, 5.41) is 14.5. The minimum Gasteiger partial charge on any atom is -0.385 e. The van der Waals surface area contributed by atoms with Crippen LogP contribution in [0.4, 0.5) is 5.69 Å². The maximum absolute atomic E-state index is 3.86. The normalized spacial score (nSPS) is 14.4. The quantitative estimate of drug-likeness (QED) is 0.748. The van der Waals surface area contributed by atoms with Gasteiger partial charge in [0.2, 0.25) is 0 Å². The Kier molecular flexibility index (Phi) is 1.87. The highest BCUT2D eigenvalue weighted by molar-refractivity contribution is 5.58. The van der Waals surface area contributed by atoms with Gasteiger partial charge in [0.15, 0.2) is 0 Å². The van der Waals surface area contributed by atoms with Gasteiger partial charge in [-0.15, -0.1) is 5.10 Å². The first kappa shape index (κ1) is 8.40. The van der Waals surface area contributed by atoms with Crippen molar-refractivity contribution in [2.45, 2.75) is 12.8 Å². The lowest BCUT2D eigenvalue weighted by atomic mass is 10.0. The molecule has 1 N–H and O–H groups in total. The van der Waals surface area contributed by atoms with E-state index in [4.69, 9.17) is 0 Å². The lowest BCUT2D eigenvalue weighted by molar-refractivity contribution is 0.784. The van der Waals surface area contributed by atoms with Crippen molar-refractivity contribution in [3.05, 3.63) is 30.1 Å². The fourth-order valence-electron chi connectivity index (χ4n) is 1.87. The Morgan fingerprint density at radius 2 is 2.33 bits per heavy atom. The smallest absolute Gasteiger partial charge is 0.143 e. The molecule has 0 bridgehead atoms. The molecule has 0 spiro atoms. The molecule has 1 aliphatic rings. The van der Waals surface area contributed by atoms with Crippen molar-refractivity contribution in [1.82, 2.24) is 20.2 Å². The predicted octanol–water partition coefficient (Wildman–Crippen LogP) is 1.02. The summed E-state index contributed by atoms with van der Waals surface area (Å²) in [6, 6.07) is 6.27. The molecule has 5 nitrogen and oxygen atoms in total. The number of tetrazole rings is 1. The van der Waals surface area contributed by atoms with E-state index in [1.54, 1.807) is 11.0 Å². The fraction of sp³-hybridized carbons (Fsp3) is 0.300. The average molecular weight is 201 g/mol. The summed E-state index contributed by atoms with van der Waals surface area (Å²) in [6.45, 7) is 1.05. The summed E-state index contributed by atoms with van der Waals surface area (Å²) >= 11 is 0. The Morgan fingerprint density at radius 3 is 3.20 bits per heavy atom. The van der Waals surface area contributed by atoms with Crippen LogP contribution in [-0.4, -0.2) is 26.8 Å². The molecular formula is C10H11N5. The van der Waals surface area contributed by atoms with Gasteiger partial charge in [-0.05, 0) is 41.0 Å². The van der Waals surface area contributed by atoms with E-state index in [0.29, 0.717) is 0 Å². The number of aromatic nitrogens is 4. The maximum Gasteiger partial charge on any atom is 0.143 e. The summed E-state index contributed by atoms with van der Waals surface area (Å²) in [5.74, 6) is 0. The van der Waals surface area contributed by atoms with Crippen LogP contribution in [0, 0.1) is 0 Å². The molecule has 0 saturated carbocycles. The molecule has 1 aromatic heterocycles. The first-order valence-electron chi connectivity index (χ1n) is 5.04. The second-order valence-electron chi connectivity index (χ2n) is 3.63. The molecule has 1 aliphatic heterocycles. The van der Waals surface area contributed by atoms with Crippen molar-refractivity contribution in [3.63, 3.8) is 0 Å². The third-order valence-electron chi connectivity index (χ3n) is 2.65. The lowest BCUT2D eigenvalue weighted by Crippen LogP contribution is -2.12. The summed E-state index contributed by atoms with van der Waals surface area (Å²) in [4.78, 5) is 0. The number of anilines is 1. The molecule has 0 fully saturated rings. The van der Waals surface area contributed by atoms with Crippen LogP contribution in [0.2, 0.25) is 0 Å². The van der Waals surface area contributed by atoms with E-state index in [1.807, 2.05) is 6.07 Å². The van der Waals surface area contributed by atoms with Gasteiger partial charge in [0, 0.05) is 12.2 Å². The standard InChI is InChI=1S/C10H11N5/c1-2-8-3-4-9(6-10(8)11-5-1)15-7-12-13-14-15/h3-4,6-7,11H,1-2,5H2. The minimum atomic E-state index is 0.994. The zero-order valence-electron chi connectivity index (χ0n) is 8.22. The topological polar surface area (TPSA) is 55.6 Å². The number of hydrogen-bond donors (Lipinski definition) is 1. The van der Waals surface area contributed by atoms with Gasteiger partial charge in [-0.25, -0.2) is 4.68 Å². The number of fused-ring (bicyclic) bond motifs is 1. The second-order valence-corrected chi connectivity index (χ2v) is 3.63. The van der Waals surface area contributed by atoms with Crippen LogP contribution in [0.1, 0.15) is 12.0 Å². The zero-order chi connectivity index (χ0) is 10.1. The Labute approximate surface area is 87.1 Å². The maximum atomic E-state index is 3.86. The van der Waals surface area contributed by atoms with E-state index in [1.165, 1.54) is 17.7 Å². The second kappa shape index (κ2) is 3.34. The summed E-state index contributed by atoms with van der Waals surface area (Å²) in [6.07, 6.45) is 3.96. The minimum absolute atomic E-state index is 0.994. The van der Waals surface area contributed by atoms with Gasteiger partial charge in [0.05, 0.1) is 5.69 Å². The van der Waals surface area contributed by atoms with E-state index >= 15 is 0 Å². The van der Waals surface area contributed by atoms with Gasteiger partial charge >= 0.3 is 0 Å². The molecule has 0 radical (unpaired) electrons. The van der Waals surface area contributed by atoms with E-state index in [-0.39, 0.29) is 0 Å². The Bertz CT molecular complexity index is 463. The Hall–Kier alpha value is -1.91. The number of nitrogens with one attached hydrogen (secondary N) is 1. The zero-order valence-corrected chi connectivity index (χ0v) is 8.22. The van der Waals surface area contributed by atoms with Gasteiger partial charge in [-0.1, -0.05) is 6.07 Å².